The highest BCUT2D eigenvalue weighted by molar-refractivity contribution is 7.16. The lowest BCUT2D eigenvalue weighted by Crippen LogP contribution is -2.45. The fraction of sp³-hybridized carbons (Fsp3) is 0.286. The lowest BCUT2D eigenvalue weighted by molar-refractivity contribution is -0.131. The van der Waals surface area contributed by atoms with Crippen molar-refractivity contribution in [3.63, 3.8) is 0 Å². The van der Waals surface area contributed by atoms with Gasteiger partial charge in [0, 0.05) is 11.6 Å². The molecule has 7 heteroatoms. The van der Waals surface area contributed by atoms with E-state index in [4.69, 9.17) is 4.74 Å². The van der Waals surface area contributed by atoms with E-state index in [9.17, 15) is 9.59 Å². The molecular formula is C21H19N3O3S. The number of rotatable bonds is 4. The summed E-state index contributed by atoms with van der Waals surface area (Å²) in [6.45, 7) is 0. The van der Waals surface area contributed by atoms with Gasteiger partial charge in [-0.05, 0) is 36.6 Å². The monoisotopic (exact) mass is 393 g/mol. The second-order valence-corrected chi connectivity index (χ2v) is 8.15. The molecule has 0 spiro atoms. The minimum Gasteiger partial charge on any atom is -0.488 e. The van der Waals surface area contributed by atoms with Crippen molar-refractivity contribution in [2.24, 2.45) is 5.92 Å². The molecule has 1 aliphatic heterocycles. The zero-order valence-corrected chi connectivity index (χ0v) is 15.9. The van der Waals surface area contributed by atoms with Gasteiger partial charge in [0.25, 0.3) is 0 Å². The predicted octanol–water partition coefficient (Wildman–Crippen LogP) is 3.65. The van der Waals surface area contributed by atoms with Crippen LogP contribution in [0.4, 0.5) is 5.69 Å². The second-order valence-electron chi connectivity index (χ2n) is 7.26. The van der Waals surface area contributed by atoms with Gasteiger partial charge in [0.15, 0.2) is 0 Å². The molecule has 3 aromatic rings. The molecule has 1 aromatic heterocycles. The molecule has 0 bridgehead atoms. The number of para-hydroxylation sites is 2. The molecule has 2 aliphatic rings. The van der Waals surface area contributed by atoms with Gasteiger partial charge in [-0.15, -0.1) is 11.3 Å². The average molecular weight is 393 g/mol. The maximum absolute atomic E-state index is 12.7. The van der Waals surface area contributed by atoms with Crippen LogP contribution in [0.3, 0.4) is 0 Å². The minimum absolute atomic E-state index is 0.0128. The van der Waals surface area contributed by atoms with Crippen LogP contribution in [0, 0.1) is 5.92 Å². The Morgan fingerprint density at radius 3 is 2.93 bits per heavy atom. The standard InChI is InChI=1S/C21H19N3O3S/c25-19-10-16(14-4-1-2-5-15(14)23-19)24-21(26)12-8-13(9-12)27-17-6-3-7-18-20(17)22-11-28-18/h1-7,11-13,16H,8-10H2,(H,23,25)(H,24,26). The summed E-state index contributed by atoms with van der Waals surface area (Å²) < 4.78 is 7.16. The number of hydrogen-bond donors (Lipinski definition) is 2. The lowest BCUT2D eigenvalue weighted by atomic mass is 9.81. The number of carbonyl (C=O) groups excluding carboxylic acids is 2. The topological polar surface area (TPSA) is 80.3 Å². The van der Waals surface area contributed by atoms with E-state index in [-0.39, 0.29) is 36.3 Å². The molecule has 1 fully saturated rings. The molecule has 2 amide bonds. The van der Waals surface area contributed by atoms with Crippen LogP contribution in [0.1, 0.15) is 30.9 Å². The third-order valence-electron chi connectivity index (χ3n) is 5.40. The van der Waals surface area contributed by atoms with E-state index in [0.29, 0.717) is 12.8 Å². The number of ether oxygens (including phenoxy) is 1. The van der Waals surface area contributed by atoms with E-state index in [1.807, 2.05) is 48.0 Å². The van der Waals surface area contributed by atoms with Crippen LogP contribution in [-0.4, -0.2) is 22.9 Å². The number of anilines is 1. The van der Waals surface area contributed by atoms with Gasteiger partial charge < -0.3 is 15.4 Å². The van der Waals surface area contributed by atoms with E-state index in [1.54, 1.807) is 11.3 Å². The first-order valence-electron chi connectivity index (χ1n) is 9.35. The molecule has 2 aromatic carbocycles. The summed E-state index contributed by atoms with van der Waals surface area (Å²) in [6.07, 6.45) is 1.63. The largest absolute Gasteiger partial charge is 0.488 e. The Morgan fingerprint density at radius 2 is 2.04 bits per heavy atom. The van der Waals surface area contributed by atoms with Crippen molar-refractivity contribution in [2.45, 2.75) is 31.4 Å². The first-order chi connectivity index (χ1) is 13.7. The van der Waals surface area contributed by atoms with Crippen LogP contribution >= 0.6 is 11.3 Å². The van der Waals surface area contributed by atoms with Gasteiger partial charge in [0.1, 0.15) is 17.4 Å². The number of carbonyl (C=O) groups is 2. The summed E-state index contributed by atoms with van der Waals surface area (Å²) in [5.41, 5.74) is 4.42. The molecular weight excluding hydrogens is 374 g/mol. The third kappa shape index (κ3) is 3.11. The van der Waals surface area contributed by atoms with Gasteiger partial charge in [-0.3, -0.25) is 9.59 Å². The molecule has 1 saturated carbocycles. The maximum Gasteiger partial charge on any atom is 0.226 e. The second kappa shape index (κ2) is 6.91. The summed E-state index contributed by atoms with van der Waals surface area (Å²) in [4.78, 5) is 29.0. The van der Waals surface area contributed by atoms with Crippen LogP contribution in [0.15, 0.2) is 48.0 Å². The number of fused-ring (bicyclic) bond motifs is 2. The summed E-state index contributed by atoms with van der Waals surface area (Å²) in [5, 5.41) is 5.90. The summed E-state index contributed by atoms with van der Waals surface area (Å²) in [5.74, 6) is 0.605. The summed E-state index contributed by atoms with van der Waals surface area (Å²) in [7, 11) is 0. The molecule has 1 unspecified atom stereocenters. The number of nitrogens with one attached hydrogen (secondary N) is 2. The van der Waals surface area contributed by atoms with E-state index in [1.165, 1.54) is 0 Å². The Morgan fingerprint density at radius 1 is 1.18 bits per heavy atom. The Balaban J connectivity index is 1.21. The molecule has 2 N–H and O–H groups in total. The molecule has 28 heavy (non-hydrogen) atoms. The highest BCUT2D eigenvalue weighted by Crippen LogP contribution is 2.36. The van der Waals surface area contributed by atoms with Gasteiger partial charge in [0.2, 0.25) is 11.8 Å². The average Bonchev–Trinajstić information content (AvgIpc) is 3.13. The normalized spacial score (nSPS) is 23.4. The van der Waals surface area contributed by atoms with Gasteiger partial charge in [0.05, 0.1) is 22.7 Å². The van der Waals surface area contributed by atoms with E-state index in [0.717, 1.165) is 27.2 Å². The molecule has 5 rings (SSSR count). The molecule has 142 valence electrons. The predicted molar refractivity (Wildman–Crippen MR) is 107 cm³/mol. The van der Waals surface area contributed by atoms with Gasteiger partial charge in [-0.25, -0.2) is 4.98 Å². The maximum atomic E-state index is 12.7. The Bertz CT molecular complexity index is 1060. The van der Waals surface area contributed by atoms with Crippen LogP contribution in [0.5, 0.6) is 5.75 Å². The molecule has 0 radical (unpaired) electrons. The highest BCUT2D eigenvalue weighted by Gasteiger charge is 2.38. The van der Waals surface area contributed by atoms with Crippen LogP contribution in [0.2, 0.25) is 0 Å². The zero-order valence-electron chi connectivity index (χ0n) is 15.1. The van der Waals surface area contributed by atoms with Crippen LogP contribution in [-0.2, 0) is 9.59 Å². The Labute approximate surface area is 165 Å². The van der Waals surface area contributed by atoms with Crippen molar-refractivity contribution in [1.29, 1.82) is 0 Å². The summed E-state index contributed by atoms with van der Waals surface area (Å²) in [6, 6.07) is 13.2. The van der Waals surface area contributed by atoms with Crippen molar-refractivity contribution in [2.75, 3.05) is 5.32 Å². The molecule has 1 atom stereocenters. The van der Waals surface area contributed by atoms with Crippen molar-refractivity contribution in [3.8, 4) is 5.75 Å². The quantitative estimate of drug-likeness (QED) is 0.709. The van der Waals surface area contributed by atoms with E-state index >= 15 is 0 Å². The van der Waals surface area contributed by atoms with Crippen molar-refractivity contribution in [1.82, 2.24) is 10.3 Å². The number of nitrogens with zero attached hydrogens (tertiary/aromatic N) is 1. The molecule has 2 heterocycles. The number of benzene rings is 2. The van der Waals surface area contributed by atoms with Crippen molar-refractivity contribution in [3.05, 3.63) is 53.5 Å². The number of hydrogen-bond acceptors (Lipinski definition) is 5. The minimum atomic E-state index is -0.277. The van der Waals surface area contributed by atoms with Gasteiger partial charge >= 0.3 is 0 Å². The van der Waals surface area contributed by atoms with Crippen LogP contribution < -0.4 is 15.4 Å². The summed E-state index contributed by atoms with van der Waals surface area (Å²) >= 11 is 1.59. The number of aromatic nitrogens is 1. The SMILES string of the molecule is O=C1CC(NC(=O)C2CC(Oc3cccc4scnc34)C2)c2ccccc2N1. The molecule has 0 saturated heterocycles. The van der Waals surface area contributed by atoms with Gasteiger partial charge in [-0.1, -0.05) is 24.3 Å². The molecule has 6 nitrogen and oxygen atoms in total. The van der Waals surface area contributed by atoms with Gasteiger partial charge in [-0.2, -0.15) is 0 Å². The van der Waals surface area contributed by atoms with E-state index in [2.05, 4.69) is 15.6 Å². The fourth-order valence-corrected chi connectivity index (χ4v) is 4.53. The smallest absolute Gasteiger partial charge is 0.226 e. The van der Waals surface area contributed by atoms with Crippen LogP contribution in [0.25, 0.3) is 10.2 Å². The number of thiazole rings is 1. The zero-order chi connectivity index (χ0) is 19.1. The first-order valence-corrected chi connectivity index (χ1v) is 10.2. The lowest BCUT2D eigenvalue weighted by Gasteiger charge is -2.36. The highest BCUT2D eigenvalue weighted by atomic mass is 32.1. The van der Waals surface area contributed by atoms with E-state index < -0.39 is 0 Å². The fourth-order valence-electron chi connectivity index (χ4n) is 3.84. The van der Waals surface area contributed by atoms with Crippen molar-refractivity contribution >= 4 is 39.1 Å². The Hall–Kier alpha value is -2.93. The third-order valence-corrected chi connectivity index (χ3v) is 6.19. The van der Waals surface area contributed by atoms with Crippen molar-refractivity contribution < 1.29 is 14.3 Å². The Kier molecular flexibility index (Phi) is 4.24. The first kappa shape index (κ1) is 17.2. The number of amides is 2. The molecule has 1 aliphatic carbocycles.